The van der Waals surface area contributed by atoms with Gasteiger partial charge in [0.2, 0.25) is 5.82 Å². The van der Waals surface area contributed by atoms with Crippen LogP contribution < -0.4 is 4.90 Å². The second-order valence-corrected chi connectivity index (χ2v) is 6.31. The first-order chi connectivity index (χ1) is 13.3. The molecule has 5 nitrogen and oxygen atoms in total. The summed E-state index contributed by atoms with van der Waals surface area (Å²) >= 11 is 6.13. The highest BCUT2D eigenvalue weighted by Gasteiger charge is 2.32. The van der Waals surface area contributed by atoms with Gasteiger partial charge in [-0.2, -0.15) is 19.6 Å². The Kier molecular flexibility index (Phi) is 5.69. The van der Waals surface area contributed by atoms with Gasteiger partial charge >= 0.3 is 0 Å². The van der Waals surface area contributed by atoms with Gasteiger partial charge in [-0.15, -0.1) is 0 Å². The van der Waals surface area contributed by atoms with Crippen molar-refractivity contribution in [1.29, 1.82) is 0 Å². The minimum absolute atomic E-state index is 0.0302. The van der Waals surface area contributed by atoms with E-state index in [9.17, 15) is 22.0 Å². The maximum atomic E-state index is 14.5. The molecule has 0 N–H and O–H groups in total. The summed E-state index contributed by atoms with van der Waals surface area (Å²) in [7, 11) is 0. The average Bonchev–Trinajstić information content (AvgIpc) is 3.14. The lowest BCUT2D eigenvalue weighted by atomic mass is 10.0. The Balaban J connectivity index is 2.43. The molecule has 2 aromatic heterocycles. The zero-order valence-corrected chi connectivity index (χ0v) is 15.7. The van der Waals surface area contributed by atoms with Crippen molar-refractivity contribution in [3.05, 3.63) is 40.6 Å². The maximum absolute atomic E-state index is 14.5. The molecule has 28 heavy (non-hydrogen) atoms. The average molecular weight is 420 g/mol. The van der Waals surface area contributed by atoms with Gasteiger partial charge in [0.15, 0.2) is 23.3 Å². The lowest BCUT2D eigenvalue weighted by Crippen LogP contribution is -2.28. The summed E-state index contributed by atoms with van der Waals surface area (Å²) in [5, 5.41) is 3.53. The van der Waals surface area contributed by atoms with Crippen molar-refractivity contribution in [2.75, 3.05) is 18.0 Å². The molecule has 150 valence electrons. The quantitative estimate of drug-likeness (QED) is 0.250. The Morgan fingerprint density at radius 2 is 1.57 bits per heavy atom. The van der Waals surface area contributed by atoms with Crippen molar-refractivity contribution in [2.45, 2.75) is 26.7 Å². The van der Waals surface area contributed by atoms with E-state index in [1.807, 2.05) is 6.92 Å². The van der Waals surface area contributed by atoms with Crippen LogP contribution in [0.3, 0.4) is 0 Å². The zero-order chi connectivity index (χ0) is 20.6. The van der Waals surface area contributed by atoms with Crippen LogP contribution >= 0.6 is 11.6 Å². The molecule has 0 saturated carbocycles. The third-order valence-electron chi connectivity index (χ3n) is 4.28. The fourth-order valence-corrected chi connectivity index (χ4v) is 3.15. The van der Waals surface area contributed by atoms with E-state index < -0.39 is 45.4 Å². The van der Waals surface area contributed by atoms with E-state index in [2.05, 4.69) is 15.1 Å². The summed E-state index contributed by atoms with van der Waals surface area (Å²) in [5.74, 6) is -10.3. The summed E-state index contributed by atoms with van der Waals surface area (Å²) in [6.45, 7) is 4.51. The number of fused-ring (bicyclic) bond motifs is 1. The molecule has 2 heterocycles. The number of unbranched alkanes of at least 4 members (excludes halogenated alkanes) is 1. The molecular formula is C17H15ClF5N5. The second kappa shape index (κ2) is 7.86. The van der Waals surface area contributed by atoms with Crippen LogP contribution in [0, 0.1) is 29.1 Å². The molecule has 0 spiro atoms. The van der Waals surface area contributed by atoms with Crippen molar-refractivity contribution in [3.8, 4) is 11.1 Å². The summed E-state index contributed by atoms with van der Waals surface area (Å²) in [6.07, 6.45) is 2.67. The molecule has 0 saturated heterocycles. The number of benzene rings is 1. The highest BCUT2D eigenvalue weighted by Crippen LogP contribution is 2.41. The number of rotatable bonds is 6. The van der Waals surface area contributed by atoms with Crippen LogP contribution in [0.2, 0.25) is 5.15 Å². The van der Waals surface area contributed by atoms with Crippen LogP contribution in [0.4, 0.5) is 27.8 Å². The molecule has 0 atom stereocenters. The van der Waals surface area contributed by atoms with Crippen LogP contribution in [0.25, 0.3) is 16.9 Å². The molecule has 0 unspecified atom stereocenters. The number of nitrogens with zero attached hydrogens (tertiary/aromatic N) is 5. The topological polar surface area (TPSA) is 46.3 Å². The summed E-state index contributed by atoms with van der Waals surface area (Å²) in [6, 6.07) is 0. The minimum Gasteiger partial charge on any atom is -0.356 e. The third-order valence-corrected chi connectivity index (χ3v) is 4.55. The third kappa shape index (κ3) is 3.15. The minimum atomic E-state index is -2.25. The van der Waals surface area contributed by atoms with Gasteiger partial charge < -0.3 is 4.90 Å². The van der Waals surface area contributed by atoms with Crippen molar-refractivity contribution >= 4 is 23.2 Å². The van der Waals surface area contributed by atoms with E-state index in [1.54, 1.807) is 11.8 Å². The fraction of sp³-hybridized carbons (Fsp3) is 0.353. The highest BCUT2D eigenvalue weighted by molar-refractivity contribution is 6.33. The van der Waals surface area contributed by atoms with Gasteiger partial charge in [-0.3, -0.25) is 0 Å². The van der Waals surface area contributed by atoms with E-state index in [-0.39, 0.29) is 11.6 Å². The van der Waals surface area contributed by atoms with Gasteiger partial charge in [0.1, 0.15) is 17.3 Å². The van der Waals surface area contributed by atoms with E-state index in [0.717, 1.165) is 12.7 Å². The van der Waals surface area contributed by atoms with Crippen LogP contribution in [0.5, 0.6) is 0 Å². The monoisotopic (exact) mass is 419 g/mol. The SMILES string of the molecule is CCCCN(CC)c1c(-c2c(F)c(F)c(F)c(F)c2F)c(Cl)nc2ncnn12. The maximum Gasteiger partial charge on any atom is 0.255 e. The predicted octanol–water partition coefficient (Wildman–Crippen LogP) is 4.77. The van der Waals surface area contributed by atoms with Crippen LogP contribution in [-0.4, -0.2) is 32.7 Å². The molecule has 0 bridgehead atoms. The number of hydrogen-bond donors (Lipinski definition) is 0. The molecule has 3 rings (SSSR count). The van der Waals surface area contributed by atoms with Crippen molar-refractivity contribution in [3.63, 3.8) is 0 Å². The van der Waals surface area contributed by atoms with E-state index in [4.69, 9.17) is 11.6 Å². The molecule has 0 radical (unpaired) electrons. The number of hydrogen-bond acceptors (Lipinski definition) is 4. The van der Waals surface area contributed by atoms with Crippen LogP contribution in [0.15, 0.2) is 6.33 Å². The Hall–Kier alpha value is -2.49. The Morgan fingerprint density at radius 1 is 0.964 bits per heavy atom. The highest BCUT2D eigenvalue weighted by atomic mass is 35.5. The molecular weight excluding hydrogens is 405 g/mol. The van der Waals surface area contributed by atoms with Gasteiger partial charge in [0.25, 0.3) is 5.78 Å². The Morgan fingerprint density at radius 3 is 2.14 bits per heavy atom. The lowest BCUT2D eigenvalue weighted by molar-refractivity contribution is 0.381. The molecule has 0 fully saturated rings. The first-order valence-corrected chi connectivity index (χ1v) is 8.87. The van der Waals surface area contributed by atoms with Crippen molar-refractivity contribution in [2.24, 2.45) is 0 Å². The van der Waals surface area contributed by atoms with Gasteiger partial charge in [0, 0.05) is 13.1 Å². The largest absolute Gasteiger partial charge is 0.356 e. The molecule has 11 heteroatoms. The molecule has 0 amide bonds. The van der Waals surface area contributed by atoms with Crippen LogP contribution in [-0.2, 0) is 0 Å². The summed E-state index contributed by atoms with van der Waals surface area (Å²) in [4.78, 5) is 9.46. The summed E-state index contributed by atoms with van der Waals surface area (Å²) < 4.78 is 71.3. The van der Waals surface area contributed by atoms with Gasteiger partial charge in [-0.25, -0.2) is 22.0 Å². The predicted molar refractivity (Wildman–Crippen MR) is 93.8 cm³/mol. The Bertz CT molecular complexity index is 1010. The molecule has 0 aliphatic carbocycles. The molecule has 0 aliphatic heterocycles. The fourth-order valence-electron chi connectivity index (χ4n) is 2.90. The first kappa shape index (κ1) is 20.2. The van der Waals surface area contributed by atoms with Crippen molar-refractivity contribution in [1.82, 2.24) is 19.6 Å². The van der Waals surface area contributed by atoms with Gasteiger partial charge in [0.05, 0.1) is 11.1 Å². The van der Waals surface area contributed by atoms with Crippen molar-refractivity contribution < 1.29 is 22.0 Å². The molecule has 3 aromatic rings. The Labute approximate surface area is 161 Å². The van der Waals surface area contributed by atoms with Gasteiger partial charge in [-0.1, -0.05) is 24.9 Å². The number of anilines is 1. The van der Waals surface area contributed by atoms with E-state index in [0.29, 0.717) is 19.5 Å². The number of halogens is 6. The van der Waals surface area contributed by atoms with Gasteiger partial charge in [-0.05, 0) is 13.3 Å². The zero-order valence-electron chi connectivity index (χ0n) is 14.9. The smallest absolute Gasteiger partial charge is 0.255 e. The van der Waals surface area contributed by atoms with Crippen LogP contribution in [0.1, 0.15) is 26.7 Å². The summed E-state index contributed by atoms with van der Waals surface area (Å²) in [5.41, 5.74) is -1.60. The second-order valence-electron chi connectivity index (χ2n) is 5.95. The molecule has 1 aromatic carbocycles. The van der Waals surface area contributed by atoms with E-state index in [1.165, 1.54) is 4.52 Å². The number of aromatic nitrogens is 4. The molecule has 0 aliphatic rings. The normalized spacial score (nSPS) is 11.4. The first-order valence-electron chi connectivity index (χ1n) is 8.49. The van der Waals surface area contributed by atoms with E-state index >= 15 is 0 Å². The lowest BCUT2D eigenvalue weighted by Gasteiger charge is -2.26. The standard InChI is InChI=1S/C17H15ClF5N5/c1-3-5-6-27(4-2)16-9(15(18)26-17-24-7-25-28(16)17)8-10(19)12(21)14(23)13(22)11(8)20/h7H,3-6H2,1-2H3.